The summed E-state index contributed by atoms with van der Waals surface area (Å²) < 4.78 is 20.8. The molecule has 11 nitrogen and oxygen atoms in total. The maximum atomic E-state index is 10.1. The molecule has 24 heavy (non-hydrogen) atoms. The van der Waals surface area contributed by atoms with Crippen LogP contribution in [0.1, 0.15) is 0 Å². The molecular formula is C13H24O11. The van der Waals surface area contributed by atoms with Crippen LogP contribution in [0.4, 0.5) is 0 Å². The van der Waals surface area contributed by atoms with Crippen LogP contribution in [0, 0.1) is 0 Å². The second-order valence-corrected chi connectivity index (χ2v) is 5.78. The lowest BCUT2D eigenvalue weighted by Gasteiger charge is -2.47. The first kappa shape index (κ1) is 19.9. The fourth-order valence-corrected chi connectivity index (χ4v) is 2.66. The van der Waals surface area contributed by atoms with E-state index in [0.717, 1.165) is 0 Å². The Bertz CT molecular complexity index is 394. The molecule has 2 heterocycles. The van der Waals surface area contributed by atoms with Crippen LogP contribution in [0.15, 0.2) is 0 Å². The fraction of sp³-hybridized carbons (Fsp3) is 1.00. The molecule has 0 saturated carbocycles. The van der Waals surface area contributed by atoms with Gasteiger partial charge in [-0.2, -0.15) is 0 Å². The molecule has 2 aliphatic heterocycles. The van der Waals surface area contributed by atoms with Crippen molar-refractivity contribution in [2.75, 3.05) is 20.3 Å². The van der Waals surface area contributed by atoms with Gasteiger partial charge in [-0.05, 0) is 0 Å². The van der Waals surface area contributed by atoms with Gasteiger partial charge in [-0.15, -0.1) is 0 Å². The zero-order valence-electron chi connectivity index (χ0n) is 13.0. The molecule has 7 N–H and O–H groups in total. The van der Waals surface area contributed by atoms with Crippen molar-refractivity contribution in [2.24, 2.45) is 0 Å². The highest BCUT2D eigenvalue weighted by Crippen LogP contribution is 2.30. The lowest BCUT2D eigenvalue weighted by molar-refractivity contribution is -0.370. The van der Waals surface area contributed by atoms with Gasteiger partial charge in [0.1, 0.15) is 48.8 Å². The van der Waals surface area contributed by atoms with Crippen molar-refractivity contribution < 1.29 is 54.7 Å². The average Bonchev–Trinajstić information content (AvgIpc) is 2.61. The van der Waals surface area contributed by atoms with Crippen molar-refractivity contribution in [1.29, 1.82) is 0 Å². The number of fused-ring (bicyclic) bond motifs is 1. The van der Waals surface area contributed by atoms with E-state index in [2.05, 4.69) is 0 Å². The number of hydrogen-bond donors (Lipinski definition) is 7. The van der Waals surface area contributed by atoms with Gasteiger partial charge in [0.15, 0.2) is 12.6 Å². The molecule has 0 spiro atoms. The highest BCUT2D eigenvalue weighted by atomic mass is 16.8. The molecule has 10 atom stereocenters. The molecule has 142 valence electrons. The number of ether oxygens (including phenoxy) is 4. The Balaban J connectivity index is 2.00. The number of rotatable bonds is 6. The van der Waals surface area contributed by atoms with E-state index in [1.54, 1.807) is 0 Å². The topological polar surface area (TPSA) is 179 Å². The van der Waals surface area contributed by atoms with Crippen molar-refractivity contribution in [3.8, 4) is 0 Å². The second kappa shape index (κ2) is 8.29. The molecule has 0 amide bonds. The highest BCUT2D eigenvalue weighted by molar-refractivity contribution is 4.94. The van der Waals surface area contributed by atoms with Crippen LogP contribution in [-0.4, -0.2) is 117 Å². The smallest absolute Gasteiger partial charge is 0.186 e. The molecular weight excluding hydrogens is 332 g/mol. The van der Waals surface area contributed by atoms with Crippen LogP contribution in [0.2, 0.25) is 0 Å². The Morgan fingerprint density at radius 1 is 1.04 bits per heavy atom. The lowest BCUT2D eigenvalue weighted by Crippen LogP contribution is -2.65. The SMILES string of the molecule is CO[C@H]1O[C@@H]2CO[C@H]([C@@H](O)[C@H](O)[C@H](O)[C@@H](O)CO)O[C@@H]2[C@H](O)[C@H]1O. The Morgan fingerprint density at radius 2 is 1.71 bits per heavy atom. The van der Waals surface area contributed by atoms with Gasteiger partial charge < -0.3 is 54.7 Å². The first-order valence-corrected chi connectivity index (χ1v) is 7.46. The minimum atomic E-state index is -1.88. The molecule has 2 saturated heterocycles. The largest absolute Gasteiger partial charge is 0.394 e. The standard InChI is InChI=1S/C13H24O11/c1-21-12-10(20)8(18)11-5(23-12)3-22-13(24-11)9(19)7(17)6(16)4(15)2-14/h4-20H,2-3H2,1H3/t4-,5+,6+,7+,8+,9-,10+,11-,12-,13-/m0/s1. The van der Waals surface area contributed by atoms with Crippen LogP contribution < -0.4 is 0 Å². The van der Waals surface area contributed by atoms with Crippen molar-refractivity contribution in [1.82, 2.24) is 0 Å². The molecule has 2 aliphatic rings. The molecule has 0 bridgehead atoms. The lowest BCUT2D eigenvalue weighted by atomic mass is 9.97. The summed E-state index contributed by atoms with van der Waals surface area (Å²) in [5, 5.41) is 67.5. The summed E-state index contributed by atoms with van der Waals surface area (Å²) in [6, 6.07) is 0. The number of hydrogen-bond acceptors (Lipinski definition) is 11. The van der Waals surface area contributed by atoms with E-state index in [1.165, 1.54) is 7.11 Å². The minimum Gasteiger partial charge on any atom is -0.394 e. The third kappa shape index (κ3) is 3.86. The van der Waals surface area contributed by atoms with Gasteiger partial charge in [0.05, 0.1) is 13.2 Å². The summed E-state index contributed by atoms with van der Waals surface area (Å²) in [6.45, 7) is -0.958. The zero-order chi connectivity index (χ0) is 18.0. The molecule has 2 fully saturated rings. The van der Waals surface area contributed by atoms with Crippen LogP contribution in [0.5, 0.6) is 0 Å². The van der Waals surface area contributed by atoms with Gasteiger partial charge in [0, 0.05) is 7.11 Å². The van der Waals surface area contributed by atoms with Crippen molar-refractivity contribution in [2.45, 2.75) is 61.4 Å². The molecule has 0 unspecified atom stereocenters. The summed E-state index contributed by atoms with van der Waals surface area (Å²) in [4.78, 5) is 0. The Kier molecular flexibility index (Phi) is 6.87. The van der Waals surface area contributed by atoms with Gasteiger partial charge >= 0.3 is 0 Å². The summed E-state index contributed by atoms with van der Waals surface area (Å²) in [5.41, 5.74) is 0. The number of aliphatic hydroxyl groups excluding tert-OH is 7. The maximum Gasteiger partial charge on any atom is 0.186 e. The first-order valence-electron chi connectivity index (χ1n) is 7.46. The highest BCUT2D eigenvalue weighted by Gasteiger charge is 2.50. The molecule has 0 aromatic rings. The minimum absolute atomic E-state index is 0.137. The van der Waals surface area contributed by atoms with Gasteiger partial charge in [0.2, 0.25) is 0 Å². The normalized spacial score (nSPS) is 42.0. The van der Waals surface area contributed by atoms with E-state index in [0.29, 0.717) is 0 Å². The second-order valence-electron chi connectivity index (χ2n) is 5.78. The predicted octanol–water partition coefficient (Wildman–Crippen LogP) is -4.74. The van der Waals surface area contributed by atoms with Gasteiger partial charge in [0.25, 0.3) is 0 Å². The van der Waals surface area contributed by atoms with E-state index in [9.17, 15) is 30.6 Å². The van der Waals surface area contributed by atoms with Crippen molar-refractivity contribution in [3.63, 3.8) is 0 Å². The molecule has 0 radical (unpaired) electrons. The third-order valence-electron chi connectivity index (χ3n) is 4.15. The molecule has 0 aromatic heterocycles. The fourth-order valence-electron chi connectivity index (χ4n) is 2.66. The zero-order valence-corrected chi connectivity index (χ0v) is 13.0. The van der Waals surface area contributed by atoms with E-state index >= 15 is 0 Å². The third-order valence-corrected chi connectivity index (χ3v) is 4.15. The van der Waals surface area contributed by atoms with Gasteiger partial charge in [-0.25, -0.2) is 0 Å². The van der Waals surface area contributed by atoms with E-state index in [-0.39, 0.29) is 6.61 Å². The van der Waals surface area contributed by atoms with Crippen molar-refractivity contribution in [3.05, 3.63) is 0 Å². The van der Waals surface area contributed by atoms with Crippen LogP contribution in [0.25, 0.3) is 0 Å². The molecule has 11 heteroatoms. The Morgan fingerprint density at radius 3 is 2.29 bits per heavy atom. The molecule has 0 aliphatic carbocycles. The van der Waals surface area contributed by atoms with Crippen molar-refractivity contribution >= 4 is 0 Å². The predicted molar refractivity (Wildman–Crippen MR) is 73.4 cm³/mol. The Labute approximate surface area is 137 Å². The quantitative estimate of drug-likeness (QED) is 0.243. The monoisotopic (exact) mass is 356 g/mol. The maximum absolute atomic E-state index is 10.1. The van der Waals surface area contributed by atoms with Crippen LogP contribution in [-0.2, 0) is 18.9 Å². The Hall–Kier alpha value is -0.440. The number of methoxy groups -OCH3 is 1. The summed E-state index contributed by atoms with van der Waals surface area (Å²) in [7, 11) is 1.29. The van der Waals surface area contributed by atoms with Gasteiger partial charge in [-0.3, -0.25) is 0 Å². The van der Waals surface area contributed by atoms with Crippen LogP contribution in [0.3, 0.4) is 0 Å². The van der Waals surface area contributed by atoms with Gasteiger partial charge in [-0.1, -0.05) is 0 Å². The van der Waals surface area contributed by atoms with E-state index in [1.807, 2.05) is 0 Å². The summed E-state index contributed by atoms with van der Waals surface area (Å²) in [6.07, 6.45) is -14.3. The summed E-state index contributed by atoms with van der Waals surface area (Å²) >= 11 is 0. The summed E-state index contributed by atoms with van der Waals surface area (Å²) in [5.74, 6) is 0. The van der Waals surface area contributed by atoms with E-state index < -0.39 is 68.0 Å². The average molecular weight is 356 g/mol. The number of aliphatic hydroxyl groups is 7. The van der Waals surface area contributed by atoms with E-state index in [4.69, 9.17) is 24.1 Å². The van der Waals surface area contributed by atoms with Crippen LogP contribution >= 0.6 is 0 Å². The molecule has 2 rings (SSSR count). The molecule has 0 aromatic carbocycles. The first-order chi connectivity index (χ1) is 11.3.